The van der Waals surface area contributed by atoms with Crippen LogP contribution in [0.4, 0.5) is 0 Å². The fourth-order valence-electron chi connectivity index (χ4n) is 2.32. The second-order valence-electron chi connectivity index (χ2n) is 4.49. The molecule has 1 atom stereocenters. The molecule has 1 aliphatic rings. The number of rotatable bonds is 4. The molecule has 3 nitrogen and oxygen atoms in total. The minimum absolute atomic E-state index is 0.387. The zero-order valence-electron chi connectivity index (χ0n) is 10.1. The lowest BCUT2D eigenvalue weighted by Crippen LogP contribution is -2.51. The Kier molecular flexibility index (Phi) is 4.54. The molecular weight excluding hydrogens is 210 g/mol. The zero-order valence-corrected chi connectivity index (χ0v) is 10.1. The SMILES string of the molecule is N#CCC1CNCCN1CCc1ccccc1. The first-order valence-corrected chi connectivity index (χ1v) is 6.26. The average Bonchev–Trinajstić information content (AvgIpc) is 2.39. The first-order valence-electron chi connectivity index (χ1n) is 6.26. The summed E-state index contributed by atoms with van der Waals surface area (Å²) in [7, 11) is 0. The van der Waals surface area contributed by atoms with Gasteiger partial charge in [-0.1, -0.05) is 30.3 Å². The van der Waals surface area contributed by atoms with Crippen molar-refractivity contribution in [2.24, 2.45) is 0 Å². The minimum atomic E-state index is 0.387. The Morgan fingerprint density at radius 2 is 2.18 bits per heavy atom. The van der Waals surface area contributed by atoms with E-state index in [1.54, 1.807) is 0 Å². The average molecular weight is 229 g/mol. The molecule has 0 bridgehead atoms. The molecule has 2 rings (SSSR count). The number of benzene rings is 1. The predicted molar refractivity (Wildman–Crippen MR) is 68.6 cm³/mol. The van der Waals surface area contributed by atoms with Crippen LogP contribution in [0.5, 0.6) is 0 Å². The Bertz CT molecular complexity index is 369. The van der Waals surface area contributed by atoms with Crippen LogP contribution >= 0.6 is 0 Å². The van der Waals surface area contributed by atoms with E-state index in [2.05, 4.69) is 40.6 Å². The van der Waals surface area contributed by atoms with Crippen LogP contribution in [0.1, 0.15) is 12.0 Å². The zero-order chi connectivity index (χ0) is 11.9. The number of nitrogens with zero attached hydrogens (tertiary/aromatic N) is 2. The van der Waals surface area contributed by atoms with E-state index in [0.717, 1.165) is 32.6 Å². The summed E-state index contributed by atoms with van der Waals surface area (Å²) in [5.74, 6) is 0. The number of nitriles is 1. The maximum Gasteiger partial charge on any atom is 0.0638 e. The molecule has 1 fully saturated rings. The van der Waals surface area contributed by atoms with Crippen molar-refractivity contribution in [3.05, 3.63) is 35.9 Å². The number of nitrogens with one attached hydrogen (secondary N) is 1. The lowest BCUT2D eigenvalue weighted by Gasteiger charge is -2.34. The number of hydrogen-bond donors (Lipinski definition) is 1. The fourth-order valence-corrected chi connectivity index (χ4v) is 2.32. The van der Waals surface area contributed by atoms with Crippen molar-refractivity contribution < 1.29 is 0 Å². The largest absolute Gasteiger partial charge is 0.314 e. The van der Waals surface area contributed by atoms with E-state index in [1.165, 1.54) is 5.56 Å². The van der Waals surface area contributed by atoms with Gasteiger partial charge in [-0.15, -0.1) is 0 Å². The molecule has 90 valence electrons. The fraction of sp³-hybridized carbons (Fsp3) is 0.500. The molecule has 0 radical (unpaired) electrons. The lowest BCUT2D eigenvalue weighted by atomic mass is 10.1. The number of piperazine rings is 1. The van der Waals surface area contributed by atoms with Gasteiger partial charge in [-0.2, -0.15) is 5.26 Å². The molecule has 1 N–H and O–H groups in total. The van der Waals surface area contributed by atoms with Crippen molar-refractivity contribution >= 4 is 0 Å². The van der Waals surface area contributed by atoms with Gasteiger partial charge in [-0.3, -0.25) is 4.90 Å². The van der Waals surface area contributed by atoms with Gasteiger partial charge in [-0.05, 0) is 12.0 Å². The van der Waals surface area contributed by atoms with E-state index in [9.17, 15) is 0 Å². The number of hydrogen-bond acceptors (Lipinski definition) is 3. The molecule has 17 heavy (non-hydrogen) atoms. The maximum absolute atomic E-state index is 8.82. The third-order valence-electron chi connectivity index (χ3n) is 3.33. The van der Waals surface area contributed by atoms with Gasteiger partial charge in [0.05, 0.1) is 12.5 Å². The highest BCUT2D eigenvalue weighted by Crippen LogP contribution is 2.09. The Balaban J connectivity index is 1.86. The van der Waals surface area contributed by atoms with Crippen molar-refractivity contribution in [3.63, 3.8) is 0 Å². The molecule has 1 aliphatic heterocycles. The maximum atomic E-state index is 8.82. The molecule has 1 aromatic rings. The van der Waals surface area contributed by atoms with Gasteiger partial charge < -0.3 is 5.32 Å². The van der Waals surface area contributed by atoms with E-state index in [4.69, 9.17) is 5.26 Å². The Morgan fingerprint density at radius 1 is 1.35 bits per heavy atom. The van der Waals surface area contributed by atoms with Crippen molar-refractivity contribution in [1.82, 2.24) is 10.2 Å². The first kappa shape index (κ1) is 12.1. The quantitative estimate of drug-likeness (QED) is 0.848. The molecule has 0 amide bonds. The summed E-state index contributed by atoms with van der Waals surface area (Å²) in [5.41, 5.74) is 1.38. The second kappa shape index (κ2) is 6.39. The summed E-state index contributed by atoms with van der Waals surface area (Å²) in [6.07, 6.45) is 1.70. The van der Waals surface area contributed by atoms with Crippen molar-refractivity contribution in [3.8, 4) is 6.07 Å². The summed E-state index contributed by atoms with van der Waals surface area (Å²) in [5, 5.41) is 12.2. The summed E-state index contributed by atoms with van der Waals surface area (Å²) in [6.45, 7) is 4.09. The van der Waals surface area contributed by atoms with E-state index >= 15 is 0 Å². The highest BCUT2D eigenvalue weighted by Gasteiger charge is 2.21. The summed E-state index contributed by atoms with van der Waals surface area (Å²) >= 11 is 0. The van der Waals surface area contributed by atoms with Crippen LogP contribution in [-0.4, -0.2) is 37.1 Å². The molecule has 1 heterocycles. The second-order valence-corrected chi connectivity index (χ2v) is 4.49. The highest BCUT2D eigenvalue weighted by molar-refractivity contribution is 5.15. The third kappa shape index (κ3) is 3.55. The Hall–Kier alpha value is -1.37. The van der Waals surface area contributed by atoms with Crippen molar-refractivity contribution in [2.45, 2.75) is 18.9 Å². The summed E-state index contributed by atoms with van der Waals surface area (Å²) in [6, 6.07) is 13.2. The van der Waals surface area contributed by atoms with Crippen LogP contribution < -0.4 is 5.32 Å². The predicted octanol–water partition coefficient (Wildman–Crippen LogP) is 1.42. The van der Waals surface area contributed by atoms with Gasteiger partial charge >= 0.3 is 0 Å². The molecule has 1 unspecified atom stereocenters. The highest BCUT2D eigenvalue weighted by atomic mass is 15.2. The van der Waals surface area contributed by atoms with Gasteiger partial charge in [0.1, 0.15) is 0 Å². The van der Waals surface area contributed by atoms with Crippen LogP contribution in [-0.2, 0) is 6.42 Å². The molecule has 0 aliphatic carbocycles. The van der Waals surface area contributed by atoms with E-state index in [-0.39, 0.29) is 0 Å². The van der Waals surface area contributed by atoms with E-state index in [1.807, 2.05) is 6.07 Å². The van der Waals surface area contributed by atoms with Gasteiger partial charge in [0.15, 0.2) is 0 Å². The van der Waals surface area contributed by atoms with Crippen molar-refractivity contribution in [1.29, 1.82) is 5.26 Å². The summed E-state index contributed by atoms with van der Waals surface area (Å²) in [4.78, 5) is 2.44. The van der Waals surface area contributed by atoms with E-state index in [0.29, 0.717) is 12.5 Å². The Labute approximate surface area is 103 Å². The lowest BCUT2D eigenvalue weighted by molar-refractivity contribution is 0.165. The monoisotopic (exact) mass is 229 g/mol. The van der Waals surface area contributed by atoms with Crippen LogP contribution in [0.2, 0.25) is 0 Å². The van der Waals surface area contributed by atoms with Crippen LogP contribution in [0, 0.1) is 11.3 Å². The van der Waals surface area contributed by atoms with Crippen molar-refractivity contribution in [2.75, 3.05) is 26.2 Å². The van der Waals surface area contributed by atoms with Gasteiger partial charge in [-0.25, -0.2) is 0 Å². The minimum Gasteiger partial charge on any atom is -0.314 e. The molecule has 0 saturated carbocycles. The molecule has 0 aromatic heterocycles. The smallest absolute Gasteiger partial charge is 0.0638 e. The first-order chi connectivity index (χ1) is 8.40. The molecule has 1 aromatic carbocycles. The summed E-state index contributed by atoms with van der Waals surface area (Å²) < 4.78 is 0. The topological polar surface area (TPSA) is 39.1 Å². The Morgan fingerprint density at radius 3 is 2.94 bits per heavy atom. The van der Waals surface area contributed by atoms with Gasteiger partial charge in [0.2, 0.25) is 0 Å². The van der Waals surface area contributed by atoms with Gasteiger partial charge in [0, 0.05) is 32.2 Å². The molecule has 3 heteroatoms. The standard InChI is InChI=1S/C14H19N3/c15-8-6-14-12-16-9-11-17(14)10-7-13-4-2-1-3-5-13/h1-5,14,16H,6-7,9-12H2. The normalized spacial score (nSPS) is 21.0. The molecular formula is C14H19N3. The van der Waals surface area contributed by atoms with Crippen LogP contribution in [0.3, 0.4) is 0 Å². The van der Waals surface area contributed by atoms with E-state index < -0.39 is 0 Å². The molecule has 0 spiro atoms. The van der Waals surface area contributed by atoms with Gasteiger partial charge in [0.25, 0.3) is 0 Å². The van der Waals surface area contributed by atoms with Crippen LogP contribution in [0.15, 0.2) is 30.3 Å². The third-order valence-corrected chi connectivity index (χ3v) is 3.33. The molecule has 1 saturated heterocycles. The van der Waals surface area contributed by atoms with Crippen LogP contribution in [0.25, 0.3) is 0 Å².